The van der Waals surface area contributed by atoms with Gasteiger partial charge in [-0.05, 0) is 32.0 Å². The van der Waals surface area contributed by atoms with E-state index >= 15 is 0 Å². The standard InChI is InChI=1S/C15H22N2O3/c1-3-5-10-16-11-14(18)17-13-9-7-6-8-12(13)15(19)20-4-2/h6-9,16H,3-5,10-11H2,1-2H3,(H,17,18). The lowest BCUT2D eigenvalue weighted by Crippen LogP contribution is -2.29. The topological polar surface area (TPSA) is 67.4 Å². The molecule has 110 valence electrons. The van der Waals surface area contributed by atoms with E-state index in [4.69, 9.17) is 4.74 Å². The Morgan fingerprint density at radius 3 is 2.65 bits per heavy atom. The van der Waals surface area contributed by atoms with Gasteiger partial charge in [0.05, 0.1) is 24.4 Å². The Kier molecular flexibility index (Phi) is 7.35. The van der Waals surface area contributed by atoms with Gasteiger partial charge in [-0.2, -0.15) is 0 Å². The third-order valence-electron chi connectivity index (χ3n) is 2.69. The number of benzene rings is 1. The molecule has 0 saturated heterocycles. The highest BCUT2D eigenvalue weighted by Gasteiger charge is 2.13. The predicted octanol–water partition coefficient (Wildman–Crippen LogP) is 2.19. The van der Waals surface area contributed by atoms with E-state index in [-0.39, 0.29) is 12.5 Å². The minimum atomic E-state index is -0.428. The molecule has 1 aromatic carbocycles. The first-order valence-corrected chi connectivity index (χ1v) is 6.95. The van der Waals surface area contributed by atoms with E-state index in [1.807, 2.05) is 0 Å². The second-order valence-corrected chi connectivity index (χ2v) is 4.34. The number of unbranched alkanes of at least 4 members (excludes halogenated alkanes) is 1. The van der Waals surface area contributed by atoms with E-state index in [1.54, 1.807) is 31.2 Å². The smallest absolute Gasteiger partial charge is 0.340 e. The van der Waals surface area contributed by atoms with Crippen LogP contribution in [0.25, 0.3) is 0 Å². The maximum absolute atomic E-state index is 11.8. The molecule has 0 aliphatic heterocycles. The normalized spacial score (nSPS) is 10.1. The third kappa shape index (κ3) is 5.40. The number of rotatable bonds is 8. The van der Waals surface area contributed by atoms with Crippen molar-refractivity contribution in [2.24, 2.45) is 0 Å². The molecule has 0 unspecified atom stereocenters. The van der Waals surface area contributed by atoms with E-state index in [9.17, 15) is 9.59 Å². The van der Waals surface area contributed by atoms with Crippen LogP contribution >= 0.6 is 0 Å². The SMILES string of the molecule is CCCCNCC(=O)Nc1ccccc1C(=O)OCC. The van der Waals surface area contributed by atoms with Crippen LogP contribution in [-0.4, -0.2) is 31.6 Å². The van der Waals surface area contributed by atoms with Crippen LogP contribution in [0.5, 0.6) is 0 Å². The molecule has 0 aliphatic rings. The van der Waals surface area contributed by atoms with Crippen molar-refractivity contribution in [2.75, 3.05) is 25.0 Å². The van der Waals surface area contributed by atoms with Gasteiger partial charge in [0.25, 0.3) is 0 Å². The zero-order chi connectivity index (χ0) is 14.8. The van der Waals surface area contributed by atoms with Crippen molar-refractivity contribution in [1.82, 2.24) is 5.32 Å². The van der Waals surface area contributed by atoms with Gasteiger partial charge in [-0.25, -0.2) is 4.79 Å². The number of carbonyl (C=O) groups excluding carboxylic acids is 2. The fourth-order valence-corrected chi connectivity index (χ4v) is 1.68. The molecule has 1 aromatic rings. The number of hydrogen-bond acceptors (Lipinski definition) is 4. The summed E-state index contributed by atoms with van der Waals surface area (Å²) in [6.45, 7) is 5.19. The molecule has 5 heteroatoms. The van der Waals surface area contributed by atoms with Gasteiger partial charge < -0.3 is 15.4 Å². The first-order chi connectivity index (χ1) is 9.69. The summed E-state index contributed by atoms with van der Waals surface area (Å²) in [5, 5.41) is 5.78. The number of esters is 1. The fraction of sp³-hybridized carbons (Fsp3) is 0.467. The maximum Gasteiger partial charge on any atom is 0.340 e. The van der Waals surface area contributed by atoms with Crippen molar-refractivity contribution in [3.63, 3.8) is 0 Å². The lowest BCUT2D eigenvalue weighted by Gasteiger charge is -2.10. The number of anilines is 1. The molecule has 0 aromatic heterocycles. The molecule has 0 heterocycles. The molecule has 5 nitrogen and oxygen atoms in total. The van der Waals surface area contributed by atoms with Gasteiger partial charge in [-0.15, -0.1) is 0 Å². The summed E-state index contributed by atoms with van der Waals surface area (Å²) >= 11 is 0. The minimum absolute atomic E-state index is 0.169. The Bertz CT molecular complexity index is 446. The lowest BCUT2D eigenvalue weighted by atomic mass is 10.2. The highest BCUT2D eigenvalue weighted by molar-refractivity contribution is 6.01. The van der Waals surface area contributed by atoms with Crippen LogP contribution < -0.4 is 10.6 Å². The maximum atomic E-state index is 11.8. The van der Waals surface area contributed by atoms with Gasteiger partial charge in [0.15, 0.2) is 0 Å². The molecule has 1 amide bonds. The van der Waals surface area contributed by atoms with E-state index in [0.29, 0.717) is 17.9 Å². The van der Waals surface area contributed by atoms with Gasteiger partial charge in [-0.3, -0.25) is 4.79 Å². The predicted molar refractivity (Wildman–Crippen MR) is 78.8 cm³/mol. The second-order valence-electron chi connectivity index (χ2n) is 4.34. The highest BCUT2D eigenvalue weighted by atomic mass is 16.5. The van der Waals surface area contributed by atoms with Gasteiger partial charge in [0.1, 0.15) is 0 Å². The van der Waals surface area contributed by atoms with Crippen LogP contribution in [0.1, 0.15) is 37.0 Å². The Morgan fingerprint density at radius 2 is 1.95 bits per heavy atom. The molecule has 0 fully saturated rings. The number of amides is 1. The van der Waals surface area contributed by atoms with Gasteiger partial charge in [0.2, 0.25) is 5.91 Å². The molecule has 0 spiro atoms. The molecular formula is C15H22N2O3. The average Bonchev–Trinajstić information content (AvgIpc) is 2.44. The van der Waals surface area contributed by atoms with E-state index < -0.39 is 5.97 Å². The zero-order valence-electron chi connectivity index (χ0n) is 12.1. The van der Waals surface area contributed by atoms with E-state index in [2.05, 4.69) is 17.6 Å². The first kappa shape index (κ1) is 16.2. The first-order valence-electron chi connectivity index (χ1n) is 6.95. The Morgan fingerprint density at radius 1 is 1.20 bits per heavy atom. The second kappa shape index (κ2) is 9.09. The van der Waals surface area contributed by atoms with Crippen LogP contribution in [-0.2, 0) is 9.53 Å². The summed E-state index contributed by atoms with van der Waals surface area (Å²) in [4.78, 5) is 23.5. The largest absolute Gasteiger partial charge is 0.462 e. The summed E-state index contributed by atoms with van der Waals surface area (Å²) in [6.07, 6.45) is 2.12. The molecule has 0 bridgehead atoms. The minimum Gasteiger partial charge on any atom is -0.462 e. The van der Waals surface area contributed by atoms with Crippen molar-refractivity contribution in [2.45, 2.75) is 26.7 Å². The number of ether oxygens (including phenoxy) is 1. The number of nitrogens with one attached hydrogen (secondary N) is 2. The zero-order valence-corrected chi connectivity index (χ0v) is 12.1. The summed E-state index contributed by atoms with van der Waals surface area (Å²) < 4.78 is 4.96. The Balaban J connectivity index is 2.58. The summed E-state index contributed by atoms with van der Waals surface area (Å²) in [5.41, 5.74) is 0.851. The van der Waals surface area contributed by atoms with Crippen molar-refractivity contribution in [1.29, 1.82) is 0 Å². The van der Waals surface area contributed by atoms with Crippen molar-refractivity contribution >= 4 is 17.6 Å². The van der Waals surface area contributed by atoms with Crippen molar-refractivity contribution in [3.8, 4) is 0 Å². The third-order valence-corrected chi connectivity index (χ3v) is 2.69. The van der Waals surface area contributed by atoms with Crippen LogP contribution in [0.2, 0.25) is 0 Å². The Hall–Kier alpha value is -1.88. The summed E-state index contributed by atoms with van der Waals surface area (Å²) in [6, 6.07) is 6.83. The fourth-order valence-electron chi connectivity index (χ4n) is 1.68. The van der Waals surface area contributed by atoms with Crippen molar-refractivity contribution in [3.05, 3.63) is 29.8 Å². The molecule has 1 rings (SSSR count). The van der Waals surface area contributed by atoms with Gasteiger partial charge >= 0.3 is 5.97 Å². The molecule has 0 aliphatic carbocycles. The summed E-state index contributed by atoms with van der Waals surface area (Å²) in [5.74, 6) is -0.597. The lowest BCUT2D eigenvalue weighted by molar-refractivity contribution is -0.115. The quantitative estimate of drug-likeness (QED) is 0.565. The molecule has 0 atom stereocenters. The molecule has 2 N–H and O–H groups in total. The average molecular weight is 278 g/mol. The van der Waals surface area contributed by atoms with Crippen LogP contribution in [0, 0.1) is 0 Å². The molecule has 20 heavy (non-hydrogen) atoms. The number of hydrogen-bond donors (Lipinski definition) is 2. The van der Waals surface area contributed by atoms with Crippen LogP contribution in [0.15, 0.2) is 24.3 Å². The molecule has 0 radical (unpaired) electrons. The Labute approximate surface area is 119 Å². The number of para-hydroxylation sites is 1. The monoisotopic (exact) mass is 278 g/mol. The highest BCUT2D eigenvalue weighted by Crippen LogP contribution is 2.15. The van der Waals surface area contributed by atoms with E-state index in [1.165, 1.54) is 0 Å². The van der Waals surface area contributed by atoms with Gasteiger partial charge in [-0.1, -0.05) is 25.5 Å². The summed E-state index contributed by atoms with van der Waals surface area (Å²) in [7, 11) is 0. The van der Waals surface area contributed by atoms with Crippen LogP contribution in [0.3, 0.4) is 0 Å². The van der Waals surface area contributed by atoms with Crippen LogP contribution in [0.4, 0.5) is 5.69 Å². The molecule has 0 saturated carbocycles. The van der Waals surface area contributed by atoms with Crippen molar-refractivity contribution < 1.29 is 14.3 Å². The van der Waals surface area contributed by atoms with Gasteiger partial charge in [0, 0.05) is 0 Å². The molecular weight excluding hydrogens is 256 g/mol. The van der Waals surface area contributed by atoms with E-state index in [0.717, 1.165) is 19.4 Å². The number of carbonyl (C=O) groups is 2.